The van der Waals surface area contributed by atoms with Crippen LogP contribution in [0.2, 0.25) is 0 Å². The van der Waals surface area contributed by atoms with Crippen LogP contribution in [-0.4, -0.2) is 16.3 Å². The third-order valence-electron chi connectivity index (χ3n) is 4.93. The minimum absolute atomic E-state index is 0.0901. The van der Waals surface area contributed by atoms with Crippen molar-refractivity contribution in [2.45, 2.75) is 56.8 Å². The van der Waals surface area contributed by atoms with Gasteiger partial charge in [0.25, 0.3) is 0 Å². The first-order valence-corrected chi connectivity index (χ1v) is 7.72. The topological polar surface area (TPSA) is 70.4 Å². The van der Waals surface area contributed by atoms with Crippen LogP contribution < -0.4 is 11.5 Å². The van der Waals surface area contributed by atoms with Gasteiger partial charge in [0, 0.05) is 5.69 Å². The fourth-order valence-corrected chi connectivity index (χ4v) is 3.87. The fraction of sp³-hybridized carbons (Fsp3) is 0.562. The van der Waals surface area contributed by atoms with E-state index < -0.39 is 0 Å². The molecule has 112 valence electrons. The first-order valence-electron chi connectivity index (χ1n) is 7.72. The lowest BCUT2D eigenvalue weighted by Crippen LogP contribution is -2.28. The molecule has 0 radical (unpaired) electrons. The largest absolute Gasteiger partial charge is 0.420 e. The molecule has 0 bridgehead atoms. The molecule has 2 heterocycles. The average Bonchev–Trinajstić information content (AvgIpc) is 3.15. The first kappa shape index (κ1) is 13.0. The van der Waals surface area contributed by atoms with Crippen LogP contribution in [0.25, 0.3) is 11.1 Å². The van der Waals surface area contributed by atoms with E-state index in [1.54, 1.807) is 22.8 Å². The van der Waals surface area contributed by atoms with Crippen molar-refractivity contribution in [2.24, 2.45) is 0 Å². The normalized spacial score (nSPS) is 24.3. The minimum Gasteiger partial charge on any atom is -0.408 e. The van der Waals surface area contributed by atoms with E-state index in [0.29, 0.717) is 17.8 Å². The molecule has 1 saturated heterocycles. The predicted octanol–water partition coefficient (Wildman–Crippen LogP) is 2.67. The Morgan fingerprint density at radius 3 is 2.90 bits per heavy atom. The van der Waals surface area contributed by atoms with E-state index in [9.17, 15) is 4.79 Å². The molecule has 2 aromatic rings. The average molecular weight is 288 g/mol. The van der Waals surface area contributed by atoms with E-state index in [1.165, 1.54) is 12.8 Å². The van der Waals surface area contributed by atoms with Crippen LogP contribution in [0.15, 0.2) is 27.4 Å². The molecular formula is C16H20N2O3. The van der Waals surface area contributed by atoms with Crippen LogP contribution in [0, 0.1) is 0 Å². The lowest BCUT2D eigenvalue weighted by molar-refractivity contribution is -0.0420. The second-order valence-electron chi connectivity index (χ2n) is 6.37. The highest BCUT2D eigenvalue weighted by atomic mass is 16.5. The zero-order valence-corrected chi connectivity index (χ0v) is 12.0. The van der Waals surface area contributed by atoms with Gasteiger partial charge in [-0.25, -0.2) is 4.79 Å². The van der Waals surface area contributed by atoms with Crippen molar-refractivity contribution in [3.63, 3.8) is 0 Å². The summed E-state index contributed by atoms with van der Waals surface area (Å²) in [6.07, 6.45) is 7.08. The second kappa shape index (κ2) is 4.63. The second-order valence-corrected chi connectivity index (χ2v) is 6.37. The van der Waals surface area contributed by atoms with Gasteiger partial charge in [0.2, 0.25) is 0 Å². The molecule has 1 spiro atoms. The molecule has 2 N–H and O–H groups in total. The first-order chi connectivity index (χ1) is 10.2. The molecule has 1 atom stereocenters. The van der Waals surface area contributed by atoms with Crippen LogP contribution >= 0.6 is 0 Å². The Balaban J connectivity index is 1.61. The summed E-state index contributed by atoms with van der Waals surface area (Å²) in [6.45, 7) is 0.553. The number of hydrogen-bond donors (Lipinski definition) is 1. The minimum atomic E-state index is -0.327. The SMILES string of the molecule is Nc1ccc2oc(=O)n(CC3CCC4(CCCC4)O3)c2c1. The van der Waals surface area contributed by atoms with E-state index >= 15 is 0 Å². The van der Waals surface area contributed by atoms with Gasteiger partial charge in [-0.2, -0.15) is 0 Å². The smallest absolute Gasteiger partial charge is 0.408 e. The molecule has 5 heteroatoms. The quantitative estimate of drug-likeness (QED) is 0.862. The van der Waals surface area contributed by atoms with E-state index in [0.717, 1.165) is 31.2 Å². The van der Waals surface area contributed by atoms with Crippen LogP contribution in [-0.2, 0) is 11.3 Å². The Morgan fingerprint density at radius 2 is 2.10 bits per heavy atom. The molecule has 21 heavy (non-hydrogen) atoms. The number of aromatic nitrogens is 1. The zero-order chi connectivity index (χ0) is 14.4. The van der Waals surface area contributed by atoms with E-state index in [4.69, 9.17) is 14.9 Å². The number of benzene rings is 1. The van der Waals surface area contributed by atoms with Crippen LogP contribution in [0.5, 0.6) is 0 Å². The summed E-state index contributed by atoms with van der Waals surface area (Å²) in [6, 6.07) is 5.28. The van der Waals surface area contributed by atoms with Crippen molar-refractivity contribution >= 4 is 16.8 Å². The number of oxazole rings is 1. The van der Waals surface area contributed by atoms with Crippen molar-refractivity contribution in [1.82, 2.24) is 4.57 Å². The molecular weight excluding hydrogens is 268 g/mol. The van der Waals surface area contributed by atoms with Gasteiger partial charge in [-0.05, 0) is 43.9 Å². The van der Waals surface area contributed by atoms with Crippen LogP contribution in [0.3, 0.4) is 0 Å². The van der Waals surface area contributed by atoms with Crippen molar-refractivity contribution in [2.75, 3.05) is 5.73 Å². The van der Waals surface area contributed by atoms with Crippen molar-refractivity contribution < 1.29 is 9.15 Å². The standard InChI is InChI=1S/C16H20N2O3/c17-11-3-4-14-13(9-11)18(15(19)20-14)10-12-5-8-16(21-12)6-1-2-7-16/h3-4,9,12H,1-2,5-8,10,17H2. The maximum Gasteiger partial charge on any atom is 0.420 e. The summed E-state index contributed by atoms with van der Waals surface area (Å²) in [4.78, 5) is 12.1. The number of fused-ring (bicyclic) bond motifs is 1. The molecule has 1 aliphatic heterocycles. The molecule has 2 fully saturated rings. The summed E-state index contributed by atoms with van der Waals surface area (Å²) >= 11 is 0. The number of nitrogens with zero attached hydrogens (tertiary/aromatic N) is 1. The molecule has 1 saturated carbocycles. The van der Waals surface area contributed by atoms with Crippen molar-refractivity contribution in [3.8, 4) is 0 Å². The summed E-state index contributed by atoms with van der Waals surface area (Å²) in [7, 11) is 0. The van der Waals surface area contributed by atoms with E-state index in [2.05, 4.69) is 0 Å². The highest BCUT2D eigenvalue weighted by molar-refractivity contribution is 5.76. The predicted molar refractivity (Wildman–Crippen MR) is 80.2 cm³/mol. The zero-order valence-electron chi connectivity index (χ0n) is 12.0. The number of hydrogen-bond acceptors (Lipinski definition) is 4. The maximum absolute atomic E-state index is 12.1. The molecule has 1 aliphatic carbocycles. The maximum atomic E-state index is 12.1. The Labute approximate surface area is 122 Å². The lowest BCUT2D eigenvalue weighted by Gasteiger charge is -2.23. The van der Waals surface area contributed by atoms with Gasteiger partial charge in [0.1, 0.15) is 0 Å². The molecule has 4 rings (SSSR count). The highest BCUT2D eigenvalue weighted by Crippen LogP contribution is 2.43. The van der Waals surface area contributed by atoms with Crippen molar-refractivity contribution in [3.05, 3.63) is 28.7 Å². The van der Waals surface area contributed by atoms with Gasteiger partial charge in [-0.3, -0.25) is 4.57 Å². The van der Waals surface area contributed by atoms with Crippen LogP contribution in [0.1, 0.15) is 38.5 Å². The summed E-state index contributed by atoms with van der Waals surface area (Å²) in [5.74, 6) is -0.327. The Bertz CT molecular complexity index is 725. The van der Waals surface area contributed by atoms with Gasteiger partial charge in [0.05, 0.1) is 23.8 Å². The molecule has 1 aromatic carbocycles. The van der Waals surface area contributed by atoms with Crippen LogP contribution in [0.4, 0.5) is 5.69 Å². The monoisotopic (exact) mass is 288 g/mol. The number of rotatable bonds is 2. The number of anilines is 1. The van der Waals surface area contributed by atoms with Gasteiger partial charge in [-0.15, -0.1) is 0 Å². The molecule has 5 nitrogen and oxygen atoms in total. The summed E-state index contributed by atoms with van der Waals surface area (Å²) < 4.78 is 13.2. The summed E-state index contributed by atoms with van der Waals surface area (Å²) in [5.41, 5.74) is 7.89. The number of nitrogen functional groups attached to an aromatic ring is 1. The van der Waals surface area contributed by atoms with Gasteiger partial charge < -0.3 is 14.9 Å². The molecule has 0 amide bonds. The molecule has 1 aromatic heterocycles. The van der Waals surface area contributed by atoms with Gasteiger partial charge >= 0.3 is 5.76 Å². The van der Waals surface area contributed by atoms with Crippen molar-refractivity contribution in [1.29, 1.82) is 0 Å². The number of nitrogens with two attached hydrogens (primary N) is 1. The third-order valence-corrected chi connectivity index (χ3v) is 4.93. The lowest BCUT2D eigenvalue weighted by atomic mass is 9.98. The Morgan fingerprint density at radius 1 is 1.29 bits per heavy atom. The Hall–Kier alpha value is -1.75. The molecule has 2 aliphatic rings. The van der Waals surface area contributed by atoms with E-state index in [1.807, 2.05) is 0 Å². The number of ether oxygens (including phenoxy) is 1. The van der Waals surface area contributed by atoms with Gasteiger partial charge in [-0.1, -0.05) is 12.8 Å². The fourth-order valence-electron chi connectivity index (χ4n) is 3.87. The van der Waals surface area contributed by atoms with Gasteiger partial charge in [0.15, 0.2) is 5.58 Å². The molecule has 1 unspecified atom stereocenters. The van der Waals surface area contributed by atoms with E-state index in [-0.39, 0.29) is 17.5 Å². The highest BCUT2D eigenvalue weighted by Gasteiger charge is 2.42. The Kier molecular flexibility index (Phi) is 2.85. The summed E-state index contributed by atoms with van der Waals surface area (Å²) in [5, 5.41) is 0. The third kappa shape index (κ3) is 2.16.